The van der Waals surface area contributed by atoms with Crippen molar-refractivity contribution in [1.29, 1.82) is 0 Å². The molecule has 0 unspecified atom stereocenters. The van der Waals surface area contributed by atoms with Gasteiger partial charge in [0.25, 0.3) is 5.91 Å². The number of aliphatic imine (C=N–C) groups is 1. The number of hydrogen-bond donors (Lipinski definition) is 0. The molecular formula is C19H15Cl2FN2O3S2. The first kappa shape index (κ1) is 20.7. The number of rotatable bonds is 3. The maximum atomic E-state index is 13.6. The van der Waals surface area contributed by atoms with E-state index < -0.39 is 15.7 Å². The zero-order valence-corrected chi connectivity index (χ0v) is 18.0. The van der Waals surface area contributed by atoms with Gasteiger partial charge in [0.05, 0.1) is 29.0 Å². The third kappa shape index (κ3) is 4.45. The number of anilines is 1. The molecule has 2 aliphatic heterocycles. The SMILES string of the molecule is O=C(Cc1ccc(Cl)cc1)N=C1S[C@H]2CS(=O)(=O)C[C@@H]2N1c1ccc(F)c(Cl)c1. The average molecular weight is 473 g/mol. The third-order valence-corrected chi connectivity index (χ3v) is 8.49. The lowest BCUT2D eigenvalue weighted by Gasteiger charge is -2.24. The van der Waals surface area contributed by atoms with Gasteiger partial charge in [0.2, 0.25) is 0 Å². The van der Waals surface area contributed by atoms with Gasteiger partial charge in [-0.05, 0) is 35.9 Å². The predicted octanol–water partition coefficient (Wildman–Crippen LogP) is 3.98. The minimum absolute atomic E-state index is 0.0121. The van der Waals surface area contributed by atoms with E-state index in [1.165, 1.54) is 30.0 Å². The van der Waals surface area contributed by atoms with Gasteiger partial charge in [-0.25, -0.2) is 12.8 Å². The molecule has 29 heavy (non-hydrogen) atoms. The highest BCUT2D eigenvalue weighted by atomic mass is 35.5. The predicted molar refractivity (Wildman–Crippen MR) is 115 cm³/mol. The van der Waals surface area contributed by atoms with Gasteiger partial charge in [-0.2, -0.15) is 4.99 Å². The van der Waals surface area contributed by atoms with Crippen molar-refractivity contribution in [2.75, 3.05) is 16.4 Å². The second kappa shape index (κ2) is 7.91. The van der Waals surface area contributed by atoms with Crippen molar-refractivity contribution in [3.05, 3.63) is 63.9 Å². The van der Waals surface area contributed by atoms with Gasteiger partial charge in [-0.15, -0.1) is 0 Å². The Kier molecular flexibility index (Phi) is 5.63. The lowest BCUT2D eigenvalue weighted by Crippen LogP contribution is -2.37. The zero-order valence-electron chi connectivity index (χ0n) is 14.9. The zero-order chi connectivity index (χ0) is 20.8. The number of fused-ring (bicyclic) bond motifs is 1. The standard InChI is InChI=1S/C19H15Cl2FN2O3S2/c20-12-3-1-11(2-4-12)7-18(25)23-19-24(13-5-6-15(22)14(21)8-13)16-9-29(26,27)10-17(16)28-19/h1-6,8,16-17H,7,9-10H2/t16-,17-/m0/s1. The molecule has 0 aliphatic carbocycles. The van der Waals surface area contributed by atoms with Crippen LogP contribution in [0, 0.1) is 5.82 Å². The summed E-state index contributed by atoms with van der Waals surface area (Å²) in [5, 5.41) is 0.651. The molecule has 2 aromatic carbocycles. The van der Waals surface area contributed by atoms with Gasteiger partial charge < -0.3 is 4.90 Å². The van der Waals surface area contributed by atoms with Crippen LogP contribution in [0.5, 0.6) is 0 Å². The maximum absolute atomic E-state index is 13.6. The smallest absolute Gasteiger partial charge is 0.252 e. The Bertz CT molecular complexity index is 1110. The molecule has 2 heterocycles. The van der Waals surface area contributed by atoms with E-state index in [-0.39, 0.29) is 40.1 Å². The second-order valence-corrected chi connectivity index (χ2v) is 11.1. The van der Waals surface area contributed by atoms with Gasteiger partial charge in [0.15, 0.2) is 15.0 Å². The molecule has 0 aromatic heterocycles. The molecule has 5 nitrogen and oxygen atoms in total. The molecule has 0 bridgehead atoms. The Morgan fingerprint density at radius 1 is 1.17 bits per heavy atom. The molecule has 0 N–H and O–H groups in total. The minimum atomic E-state index is -3.19. The number of hydrogen-bond acceptors (Lipinski definition) is 4. The van der Waals surface area contributed by atoms with Crippen molar-refractivity contribution in [2.45, 2.75) is 17.7 Å². The lowest BCUT2D eigenvalue weighted by molar-refractivity contribution is -0.117. The third-order valence-electron chi connectivity index (χ3n) is 4.74. The topological polar surface area (TPSA) is 66.8 Å². The summed E-state index contributed by atoms with van der Waals surface area (Å²) in [6.45, 7) is 0. The fourth-order valence-corrected chi connectivity index (χ4v) is 7.66. The Morgan fingerprint density at radius 3 is 2.59 bits per heavy atom. The van der Waals surface area contributed by atoms with E-state index in [0.717, 1.165) is 5.56 Å². The molecule has 2 aromatic rings. The van der Waals surface area contributed by atoms with Crippen LogP contribution in [0.2, 0.25) is 10.0 Å². The van der Waals surface area contributed by atoms with E-state index in [4.69, 9.17) is 23.2 Å². The summed E-state index contributed by atoms with van der Waals surface area (Å²) in [5.41, 5.74) is 1.28. The summed E-state index contributed by atoms with van der Waals surface area (Å²) in [6, 6.07) is 10.7. The highest BCUT2D eigenvalue weighted by Gasteiger charge is 2.49. The molecule has 2 atom stereocenters. The van der Waals surface area contributed by atoms with Gasteiger partial charge in [0, 0.05) is 16.0 Å². The molecule has 2 aliphatic rings. The lowest BCUT2D eigenvalue weighted by atomic mass is 10.1. The number of carbonyl (C=O) groups excluding carboxylic acids is 1. The summed E-state index contributed by atoms with van der Waals surface area (Å²) in [6.07, 6.45) is 0.0902. The summed E-state index contributed by atoms with van der Waals surface area (Å²) in [7, 11) is -3.19. The summed E-state index contributed by atoms with van der Waals surface area (Å²) >= 11 is 13.0. The maximum Gasteiger partial charge on any atom is 0.252 e. The number of halogens is 3. The van der Waals surface area contributed by atoms with Crippen molar-refractivity contribution in [1.82, 2.24) is 0 Å². The van der Waals surface area contributed by atoms with Gasteiger partial charge in [-0.3, -0.25) is 4.79 Å². The normalized spacial score (nSPS) is 24.1. The highest BCUT2D eigenvalue weighted by Crippen LogP contribution is 2.41. The van der Waals surface area contributed by atoms with E-state index in [1.54, 1.807) is 29.2 Å². The van der Waals surface area contributed by atoms with Crippen molar-refractivity contribution < 1.29 is 17.6 Å². The first-order valence-electron chi connectivity index (χ1n) is 8.69. The molecule has 10 heteroatoms. The Balaban J connectivity index is 1.65. The van der Waals surface area contributed by atoms with E-state index in [0.29, 0.717) is 15.9 Å². The molecule has 4 rings (SSSR count). The second-order valence-electron chi connectivity index (χ2n) is 6.86. The van der Waals surface area contributed by atoms with Crippen LogP contribution in [0.3, 0.4) is 0 Å². The molecule has 0 spiro atoms. The van der Waals surface area contributed by atoms with Crippen LogP contribution in [0.15, 0.2) is 47.5 Å². The summed E-state index contributed by atoms with van der Waals surface area (Å²) < 4.78 is 37.8. The van der Waals surface area contributed by atoms with Crippen molar-refractivity contribution in [2.24, 2.45) is 4.99 Å². The van der Waals surface area contributed by atoms with Gasteiger partial charge in [-0.1, -0.05) is 47.1 Å². The first-order valence-corrected chi connectivity index (χ1v) is 12.1. The minimum Gasteiger partial charge on any atom is -0.316 e. The van der Waals surface area contributed by atoms with E-state index in [2.05, 4.69) is 4.99 Å². The summed E-state index contributed by atoms with van der Waals surface area (Å²) in [5.74, 6) is -0.978. The number of benzene rings is 2. The summed E-state index contributed by atoms with van der Waals surface area (Å²) in [4.78, 5) is 18.5. The quantitative estimate of drug-likeness (QED) is 0.675. The number of amidine groups is 1. The van der Waals surface area contributed by atoms with Crippen LogP contribution in [0.4, 0.5) is 10.1 Å². The molecular weight excluding hydrogens is 458 g/mol. The van der Waals surface area contributed by atoms with E-state index >= 15 is 0 Å². The Hall–Kier alpha value is -1.61. The fraction of sp³-hybridized carbons (Fsp3) is 0.263. The molecule has 0 radical (unpaired) electrons. The van der Waals surface area contributed by atoms with Gasteiger partial charge in [0.1, 0.15) is 5.82 Å². The Morgan fingerprint density at radius 2 is 1.90 bits per heavy atom. The molecule has 0 saturated carbocycles. The Labute approximate surface area is 181 Å². The number of amides is 1. The van der Waals surface area contributed by atoms with Crippen molar-refractivity contribution in [3.8, 4) is 0 Å². The van der Waals surface area contributed by atoms with Crippen LogP contribution >= 0.6 is 35.0 Å². The van der Waals surface area contributed by atoms with E-state index in [9.17, 15) is 17.6 Å². The van der Waals surface area contributed by atoms with E-state index in [1.807, 2.05) is 0 Å². The molecule has 2 saturated heterocycles. The van der Waals surface area contributed by atoms with Crippen LogP contribution in [-0.2, 0) is 21.1 Å². The average Bonchev–Trinajstić information content (AvgIpc) is 3.10. The van der Waals surface area contributed by atoms with Crippen LogP contribution in [0.25, 0.3) is 0 Å². The monoisotopic (exact) mass is 472 g/mol. The highest BCUT2D eigenvalue weighted by molar-refractivity contribution is 8.16. The number of sulfone groups is 1. The molecule has 152 valence electrons. The van der Waals surface area contributed by atoms with Crippen LogP contribution in [0.1, 0.15) is 5.56 Å². The van der Waals surface area contributed by atoms with Crippen LogP contribution < -0.4 is 4.90 Å². The number of nitrogens with zero attached hydrogens (tertiary/aromatic N) is 2. The molecule has 1 amide bonds. The van der Waals surface area contributed by atoms with Gasteiger partial charge >= 0.3 is 0 Å². The van der Waals surface area contributed by atoms with Crippen molar-refractivity contribution >= 4 is 61.6 Å². The van der Waals surface area contributed by atoms with Crippen LogP contribution in [-0.4, -0.2) is 42.3 Å². The number of carbonyl (C=O) groups is 1. The first-order chi connectivity index (χ1) is 13.7. The molecule has 2 fully saturated rings. The largest absolute Gasteiger partial charge is 0.316 e. The fourth-order valence-electron chi connectivity index (χ4n) is 3.42. The van der Waals surface area contributed by atoms with Crippen molar-refractivity contribution in [3.63, 3.8) is 0 Å². The number of thioether (sulfide) groups is 1.